The monoisotopic (exact) mass is 171 g/mol. The van der Waals surface area contributed by atoms with Gasteiger partial charge < -0.3 is 15.9 Å². The van der Waals surface area contributed by atoms with E-state index >= 15 is 0 Å². The van der Waals surface area contributed by atoms with E-state index in [0.29, 0.717) is 5.56 Å². The van der Waals surface area contributed by atoms with E-state index in [4.69, 9.17) is 15.9 Å². The van der Waals surface area contributed by atoms with Crippen LogP contribution in [0, 0.1) is 0 Å². The summed E-state index contributed by atoms with van der Waals surface area (Å²) in [6.07, 6.45) is 0. The van der Waals surface area contributed by atoms with E-state index in [1.165, 1.54) is 18.2 Å². The summed E-state index contributed by atoms with van der Waals surface area (Å²) in [6.45, 7) is -0.690. The lowest BCUT2D eigenvalue weighted by Gasteiger charge is -2.07. The van der Waals surface area contributed by atoms with E-state index < -0.39 is 12.7 Å². The molecule has 0 spiro atoms. The van der Waals surface area contributed by atoms with Gasteiger partial charge in [-0.2, -0.15) is 0 Å². The lowest BCUT2D eigenvalue weighted by Crippen LogP contribution is -2.11. The molecule has 0 unspecified atom stereocenters. The van der Waals surface area contributed by atoms with E-state index in [1.807, 2.05) is 0 Å². The average Bonchev–Trinajstić information content (AvgIpc) is 2.08. The number of benzene rings is 1. The third-order valence-electron chi connectivity index (χ3n) is 1.59. The fourth-order valence-corrected chi connectivity index (χ4v) is 0.860. The lowest BCUT2D eigenvalue weighted by atomic mass is 10.1. The van der Waals surface area contributed by atoms with Gasteiger partial charge in [0, 0.05) is 0 Å². The lowest BCUT2D eigenvalue weighted by molar-refractivity contribution is 0.399. The Kier molecular flexibility index (Phi) is 2.50. The summed E-state index contributed by atoms with van der Waals surface area (Å²) in [7, 11) is 0. The van der Waals surface area contributed by atoms with E-state index in [0.717, 1.165) is 0 Å². The minimum atomic E-state index is -0.739. The summed E-state index contributed by atoms with van der Waals surface area (Å²) in [5.41, 5.74) is 5.81. The number of aromatic hydroxyl groups is 2. The van der Waals surface area contributed by atoms with Crippen LogP contribution in [0.2, 0.25) is 0 Å². The molecule has 0 amide bonds. The Bertz CT molecular complexity index is 278. The van der Waals surface area contributed by atoms with Crippen molar-refractivity contribution in [3.05, 3.63) is 23.8 Å². The first-order valence-electron chi connectivity index (χ1n) is 3.48. The van der Waals surface area contributed by atoms with Crippen LogP contribution in [0.25, 0.3) is 0 Å². The van der Waals surface area contributed by atoms with Gasteiger partial charge in [0.2, 0.25) is 0 Å². The van der Waals surface area contributed by atoms with Crippen molar-refractivity contribution in [1.82, 2.24) is 0 Å². The van der Waals surface area contributed by atoms with Crippen molar-refractivity contribution < 1.29 is 14.6 Å². The van der Waals surface area contributed by atoms with Crippen molar-refractivity contribution in [2.75, 3.05) is 6.67 Å². The number of hydrogen-bond donors (Lipinski definition) is 3. The number of halogens is 1. The zero-order valence-electron chi connectivity index (χ0n) is 6.37. The summed E-state index contributed by atoms with van der Waals surface area (Å²) in [5.74, 6) is -0.513. The average molecular weight is 171 g/mol. The van der Waals surface area contributed by atoms with Crippen LogP contribution < -0.4 is 5.73 Å². The van der Waals surface area contributed by atoms with Gasteiger partial charge in [0.1, 0.15) is 6.67 Å². The van der Waals surface area contributed by atoms with Crippen molar-refractivity contribution in [2.24, 2.45) is 5.73 Å². The first kappa shape index (κ1) is 8.80. The summed E-state index contributed by atoms with van der Waals surface area (Å²) < 4.78 is 12.0. The second-order valence-electron chi connectivity index (χ2n) is 2.51. The molecule has 1 atom stereocenters. The molecule has 0 aliphatic rings. The van der Waals surface area contributed by atoms with Gasteiger partial charge in [0.05, 0.1) is 6.04 Å². The zero-order chi connectivity index (χ0) is 9.14. The van der Waals surface area contributed by atoms with Gasteiger partial charge in [-0.1, -0.05) is 6.07 Å². The highest BCUT2D eigenvalue weighted by atomic mass is 19.1. The second-order valence-corrected chi connectivity index (χ2v) is 2.51. The highest BCUT2D eigenvalue weighted by molar-refractivity contribution is 5.41. The summed E-state index contributed by atoms with van der Waals surface area (Å²) >= 11 is 0. The van der Waals surface area contributed by atoms with Crippen LogP contribution in [0.15, 0.2) is 18.2 Å². The first-order chi connectivity index (χ1) is 5.65. The first-order valence-corrected chi connectivity index (χ1v) is 3.48. The van der Waals surface area contributed by atoms with Crippen molar-refractivity contribution in [3.8, 4) is 11.5 Å². The molecule has 0 aliphatic carbocycles. The van der Waals surface area contributed by atoms with Gasteiger partial charge in [0.15, 0.2) is 11.5 Å². The Balaban J connectivity index is 2.96. The Morgan fingerprint density at radius 3 is 2.50 bits per heavy atom. The number of nitrogens with two attached hydrogens (primary N) is 1. The van der Waals surface area contributed by atoms with Gasteiger partial charge in [-0.3, -0.25) is 0 Å². The van der Waals surface area contributed by atoms with Crippen molar-refractivity contribution in [2.45, 2.75) is 6.04 Å². The quantitative estimate of drug-likeness (QED) is 0.583. The number of rotatable bonds is 2. The van der Waals surface area contributed by atoms with Crippen LogP contribution in [-0.2, 0) is 0 Å². The Morgan fingerprint density at radius 1 is 1.33 bits per heavy atom. The molecule has 66 valence electrons. The molecule has 0 fully saturated rings. The molecule has 0 saturated heterocycles. The SMILES string of the molecule is N[C@@H](CF)c1ccc(O)c(O)c1. The van der Waals surface area contributed by atoms with Crippen LogP contribution >= 0.6 is 0 Å². The Hall–Kier alpha value is -1.29. The topological polar surface area (TPSA) is 66.5 Å². The van der Waals surface area contributed by atoms with Gasteiger partial charge >= 0.3 is 0 Å². The van der Waals surface area contributed by atoms with Gasteiger partial charge in [0.25, 0.3) is 0 Å². The van der Waals surface area contributed by atoms with Crippen LogP contribution in [0.4, 0.5) is 4.39 Å². The fourth-order valence-electron chi connectivity index (χ4n) is 0.860. The smallest absolute Gasteiger partial charge is 0.157 e. The van der Waals surface area contributed by atoms with E-state index in [9.17, 15) is 4.39 Å². The van der Waals surface area contributed by atoms with Crippen LogP contribution in [0.1, 0.15) is 11.6 Å². The molecule has 1 rings (SSSR count). The predicted octanol–water partition coefficient (Wildman–Crippen LogP) is 1.07. The van der Waals surface area contributed by atoms with Gasteiger partial charge in [-0.15, -0.1) is 0 Å². The molecular formula is C8H10FNO2. The molecule has 0 bridgehead atoms. The molecule has 12 heavy (non-hydrogen) atoms. The van der Waals surface area contributed by atoms with Crippen LogP contribution in [-0.4, -0.2) is 16.9 Å². The molecule has 0 radical (unpaired) electrons. The standard InChI is InChI=1S/C8H10FNO2/c9-4-6(10)5-1-2-7(11)8(12)3-5/h1-3,6,11-12H,4,10H2/t6-/m0/s1. The van der Waals surface area contributed by atoms with Crippen molar-refractivity contribution in [3.63, 3.8) is 0 Å². The molecule has 1 aromatic rings. The minimum Gasteiger partial charge on any atom is -0.504 e. The maximum Gasteiger partial charge on any atom is 0.157 e. The van der Waals surface area contributed by atoms with E-state index in [1.54, 1.807) is 0 Å². The third kappa shape index (κ3) is 1.65. The normalized spacial score (nSPS) is 12.8. The van der Waals surface area contributed by atoms with Crippen molar-refractivity contribution >= 4 is 0 Å². The molecule has 4 N–H and O–H groups in total. The number of hydrogen-bond acceptors (Lipinski definition) is 3. The van der Waals surface area contributed by atoms with Crippen LogP contribution in [0.5, 0.6) is 11.5 Å². The Morgan fingerprint density at radius 2 is 2.00 bits per heavy atom. The number of alkyl halides is 1. The van der Waals surface area contributed by atoms with E-state index in [-0.39, 0.29) is 11.5 Å². The molecule has 4 heteroatoms. The fraction of sp³-hybridized carbons (Fsp3) is 0.250. The highest BCUT2D eigenvalue weighted by Gasteiger charge is 2.07. The maximum atomic E-state index is 12.0. The summed E-state index contributed by atoms with van der Waals surface area (Å²) in [4.78, 5) is 0. The molecule has 0 saturated carbocycles. The number of phenolic OH excluding ortho intramolecular Hbond substituents is 2. The minimum absolute atomic E-state index is 0.232. The zero-order valence-corrected chi connectivity index (χ0v) is 6.37. The van der Waals surface area contributed by atoms with Gasteiger partial charge in [-0.05, 0) is 17.7 Å². The van der Waals surface area contributed by atoms with Gasteiger partial charge in [-0.25, -0.2) is 4.39 Å². The summed E-state index contributed by atoms with van der Waals surface area (Å²) in [5, 5.41) is 17.9. The highest BCUT2D eigenvalue weighted by Crippen LogP contribution is 2.26. The Labute approximate surface area is 69.3 Å². The maximum absolute atomic E-state index is 12.0. The van der Waals surface area contributed by atoms with Crippen molar-refractivity contribution in [1.29, 1.82) is 0 Å². The predicted molar refractivity (Wildman–Crippen MR) is 42.7 cm³/mol. The molecule has 0 aromatic heterocycles. The third-order valence-corrected chi connectivity index (χ3v) is 1.59. The molecule has 0 aliphatic heterocycles. The van der Waals surface area contributed by atoms with Crippen LogP contribution in [0.3, 0.4) is 0 Å². The molecule has 3 nitrogen and oxygen atoms in total. The largest absolute Gasteiger partial charge is 0.504 e. The molecule has 0 heterocycles. The number of phenols is 2. The van der Waals surface area contributed by atoms with E-state index in [2.05, 4.69) is 0 Å². The molecular weight excluding hydrogens is 161 g/mol. The molecule has 1 aromatic carbocycles. The second kappa shape index (κ2) is 3.40. The summed E-state index contributed by atoms with van der Waals surface area (Å²) in [6, 6.07) is 3.26.